The van der Waals surface area contributed by atoms with Gasteiger partial charge in [0.1, 0.15) is 0 Å². The second-order valence-corrected chi connectivity index (χ2v) is 4.87. The summed E-state index contributed by atoms with van der Waals surface area (Å²) in [5.41, 5.74) is 0.544. The topological polar surface area (TPSA) is 78.9 Å². The smallest absolute Gasteiger partial charge is 0.334 e. The van der Waals surface area contributed by atoms with Gasteiger partial charge in [-0.1, -0.05) is 23.7 Å². The highest BCUT2D eigenvalue weighted by Gasteiger charge is 2.27. The fourth-order valence-corrected chi connectivity index (χ4v) is 2.13. The molecule has 2 rings (SSSR count). The molecule has 1 amide bonds. The molecule has 1 saturated heterocycles. The fourth-order valence-electron chi connectivity index (χ4n) is 1.95. The molecular weight excluding hydrogens is 284 g/mol. The number of amides is 1. The Morgan fingerprint density at radius 3 is 2.90 bits per heavy atom. The second-order valence-electron chi connectivity index (χ2n) is 4.46. The van der Waals surface area contributed by atoms with Gasteiger partial charge in [-0.05, 0) is 12.1 Å². The lowest BCUT2D eigenvalue weighted by Crippen LogP contribution is -2.48. The molecule has 1 fully saturated rings. The summed E-state index contributed by atoms with van der Waals surface area (Å²) in [5.74, 6) is -1.25. The number of nitrogens with one attached hydrogen (secondary N) is 1. The van der Waals surface area contributed by atoms with Gasteiger partial charge in [-0.3, -0.25) is 9.69 Å². The maximum Gasteiger partial charge on any atom is 0.334 e. The number of rotatable bonds is 4. The number of morpholine rings is 1. The molecule has 108 valence electrons. The van der Waals surface area contributed by atoms with Crippen molar-refractivity contribution < 1.29 is 19.4 Å². The number of carboxylic acids is 1. The molecule has 1 aromatic rings. The molecule has 1 unspecified atom stereocenters. The van der Waals surface area contributed by atoms with Gasteiger partial charge in [0.15, 0.2) is 6.10 Å². The summed E-state index contributed by atoms with van der Waals surface area (Å²) in [6.45, 7) is 1.14. The summed E-state index contributed by atoms with van der Waals surface area (Å²) in [6.07, 6.45) is -0.878. The van der Waals surface area contributed by atoms with Crippen LogP contribution in [0.2, 0.25) is 5.02 Å². The van der Waals surface area contributed by atoms with E-state index >= 15 is 0 Å². The third-order valence-electron chi connectivity index (χ3n) is 2.94. The van der Waals surface area contributed by atoms with Crippen molar-refractivity contribution in [3.05, 3.63) is 29.3 Å². The van der Waals surface area contributed by atoms with E-state index in [-0.39, 0.29) is 19.0 Å². The van der Waals surface area contributed by atoms with Crippen LogP contribution in [0.15, 0.2) is 24.3 Å². The lowest BCUT2D eigenvalue weighted by atomic mass is 10.2. The van der Waals surface area contributed by atoms with E-state index in [1.165, 1.54) is 0 Å². The van der Waals surface area contributed by atoms with Crippen molar-refractivity contribution >= 4 is 29.2 Å². The number of halogens is 1. The summed E-state index contributed by atoms with van der Waals surface area (Å²) < 4.78 is 5.09. The molecule has 1 aromatic carbocycles. The Morgan fingerprint density at radius 1 is 1.45 bits per heavy atom. The predicted molar refractivity (Wildman–Crippen MR) is 73.9 cm³/mol. The fraction of sp³-hybridized carbons (Fsp3) is 0.385. The standard InChI is InChI=1S/C13H15ClN2O4/c14-9-3-1-2-4-10(9)15-12(17)8-16-5-6-20-11(7-16)13(18)19/h1-4,11H,5-8H2,(H,15,17)(H,18,19). The van der Waals surface area contributed by atoms with E-state index in [0.29, 0.717) is 23.9 Å². The Labute approximate surface area is 121 Å². The van der Waals surface area contributed by atoms with Crippen LogP contribution in [0.25, 0.3) is 0 Å². The number of hydrogen-bond donors (Lipinski definition) is 2. The monoisotopic (exact) mass is 298 g/mol. The number of hydrogen-bond acceptors (Lipinski definition) is 4. The highest BCUT2D eigenvalue weighted by molar-refractivity contribution is 6.33. The first-order valence-electron chi connectivity index (χ1n) is 6.17. The zero-order valence-corrected chi connectivity index (χ0v) is 11.5. The average Bonchev–Trinajstić information content (AvgIpc) is 2.41. The van der Waals surface area contributed by atoms with Gasteiger partial charge in [0, 0.05) is 13.1 Å². The van der Waals surface area contributed by atoms with Crippen LogP contribution >= 0.6 is 11.6 Å². The lowest BCUT2D eigenvalue weighted by Gasteiger charge is -2.30. The van der Waals surface area contributed by atoms with E-state index in [4.69, 9.17) is 21.4 Å². The molecule has 0 aliphatic carbocycles. The number of nitrogens with zero attached hydrogens (tertiary/aromatic N) is 1. The third kappa shape index (κ3) is 3.93. The highest BCUT2D eigenvalue weighted by atomic mass is 35.5. The van der Waals surface area contributed by atoms with Crippen LogP contribution in [0, 0.1) is 0 Å². The first kappa shape index (κ1) is 14.8. The number of carbonyl (C=O) groups is 2. The summed E-state index contributed by atoms with van der Waals surface area (Å²) in [4.78, 5) is 24.5. The van der Waals surface area contributed by atoms with E-state index in [0.717, 1.165) is 0 Å². The van der Waals surface area contributed by atoms with Crippen LogP contribution < -0.4 is 5.32 Å². The molecule has 0 bridgehead atoms. The highest BCUT2D eigenvalue weighted by Crippen LogP contribution is 2.20. The number of para-hydroxylation sites is 1. The zero-order chi connectivity index (χ0) is 14.5. The largest absolute Gasteiger partial charge is 0.479 e. The van der Waals surface area contributed by atoms with Crippen LogP contribution in [-0.4, -0.2) is 54.2 Å². The van der Waals surface area contributed by atoms with E-state index in [9.17, 15) is 9.59 Å². The molecular formula is C13H15ClN2O4. The molecule has 0 spiro atoms. The quantitative estimate of drug-likeness (QED) is 0.869. The Kier molecular flexibility index (Phi) is 4.94. The molecule has 0 radical (unpaired) electrons. The summed E-state index contributed by atoms with van der Waals surface area (Å²) >= 11 is 5.95. The lowest BCUT2D eigenvalue weighted by molar-refractivity contribution is -0.156. The minimum absolute atomic E-state index is 0.109. The van der Waals surface area contributed by atoms with Gasteiger partial charge in [0.2, 0.25) is 5.91 Å². The van der Waals surface area contributed by atoms with Crippen LogP contribution in [0.4, 0.5) is 5.69 Å². The minimum atomic E-state index is -1.01. The number of anilines is 1. The minimum Gasteiger partial charge on any atom is -0.479 e. The van der Waals surface area contributed by atoms with Crippen molar-refractivity contribution in [1.29, 1.82) is 0 Å². The maximum atomic E-state index is 11.9. The maximum absolute atomic E-state index is 11.9. The van der Waals surface area contributed by atoms with Gasteiger partial charge in [0.25, 0.3) is 0 Å². The zero-order valence-electron chi connectivity index (χ0n) is 10.7. The normalized spacial score (nSPS) is 19.6. The van der Waals surface area contributed by atoms with Crippen molar-refractivity contribution in [3.63, 3.8) is 0 Å². The molecule has 20 heavy (non-hydrogen) atoms. The van der Waals surface area contributed by atoms with Crippen molar-refractivity contribution in [2.24, 2.45) is 0 Å². The SMILES string of the molecule is O=C(CN1CCOC(C(=O)O)C1)Nc1ccccc1Cl. The van der Waals surface area contributed by atoms with Gasteiger partial charge < -0.3 is 15.2 Å². The first-order valence-corrected chi connectivity index (χ1v) is 6.55. The molecule has 1 aliphatic rings. The average molecular weight is 299 g/mol. The Balaban J connectivity index is 1.88. The van der Waals surface area contributed by atoms with Gasteiger partial charge in [-0.2, -0.15) is 0 Å². The Morgan fingerprint density at radius 2 is 2.20 bits per heavy atom. The van der Waals surface area contributed by atoms with Crippen molar-refractivity contribution in [1.82, 2.24) is 4.90 Å². The van der Waals surface area contributed by atoms with Crippen LogP contribution in [0.1, 0.15) is 0 Å². The molecule has 2 N–H and O–H groups in total. The van der Waals surface area contributed by atoms with E-state index in [1.807, 2.05) is 0 Å². The van der Waals surface area contributed by atoms with E-state index < -0.39 is 12.1 Å². The molecule has 6 nitrogen and oxygen atoms in total. The van der Waals surface area contributed by atoms with E-state index in [1.54, 1.807) is 29.2 Å². The van der Waals surface area contributed by atoms with Crippen LogP contribution in [0.3, 0.4) is 0 Å². The summed E-state index contributed by atoms with van der Waals surface area (Å²) in [6, 6.07) is 6.94. The molecule has 1 heterocycles. The third-order valence-corrected chi connectivity index (χ3v) is 3.27. The number of aliphatic carboxylic acids is 1. The molecule has 0 aromatic heterocycles. The molecule has 0 saturated carbocycles. The van der Waals surface area contributed by atoms with Gasteiger partial charge in [0.05, 0.1) is 23.9 Å². The number of ether oxygens (including phenoxy) is 1. The van der Waals surface area contributed by atoms with Crippen molar-refractivity contribution in [3.8, 4) is 0 Å². The van der Waals surface area contributed by atoms with E-state index in [2.05, 4.69) is 5.32 Å². The Hall–Kier alpha value is -1.63. The number of carbonyl (C=O) groups excluding carboxylic acids is 1. The Bertz CT molecular complexity index is 509. The van der Waals surface area contributed by atoms with Gasteiger partial charge in [-0.15, -0.1) is 0 Å². The summed E-state index contributed by atoms with van der Waals surface area (Å²) in [7, 11) is 0. The first-order chi connectivity index (χ1) is 9.56. The van der Waals surface area contributed by atoms with Crippen molar-refractivity contribution in [2.75, 3.05) is 31.6 Å². The molecule has 7 heteroatoms. The summed E-state index contributed by atoms with van der Waals surface area (Å²) in [5, 5.41) is 12.1. The van der Waals surface area contributed by atoms with Gasteiger partial charge in [-0.25, -0.2) is 4.79 Å². The number of benzene rings is 1. The van der Waals surface area contributed by atoms with Crippen LogP contribution in [-0.2, 0) is 14.3 Å². The van der Waals surface area contributed by atoms with Crippen molar-refractivity contribution in [2.45, 2.75) is 6.10 Å². The van der Waals surface area contributed by atoms with Gasteiger partial charge >= 0.3 is 5.97 Å². The second kappa shape index (κ2) is 6.69. The number of carboxylic acid groups (broad SMARTS) is 1. The molecule has 1 aliphatic heterocycles. The molecule has 1 atom stereocenters. The predicted octanol–water partition coefficient (Wildman–Crippen LogP) is 1.06. The van der Waals surface area contributed by atoms with Crippen LogP contribution in [0.5, 0.6) is 0 Å².